The first-order valence-corrected chi connectivity index (χ1v) is 7.49. The Morgan fingerprint density at radius 2 is 2.25 bits per heavy atom. The van der Waals surface area contributed by atoms with Crippen molar-refractivity contribution < 1.29 is 18.0 Å². The Hall–Kier alpha value is -2.52. The van der Waals surface area contributed by atoms with Gasteiger partial charge in [-0.15, -0.1) is 0 Å². The van der Waals surface area contributed by atoms with E-state index >= 15 is 0 Å². The average molecular weight is 342 g/mol. The molecule has 1 aliphatic rings. The summed E-state index contributed by atoms with van der Waals surface area (Å²) in [6.45, 7) is 0.778. The number of nitrogens with one attached hydrogen (secondary N) is 2. The van der Waals surface area contributed by atoms with Crippen LogP contribution in [0.2, 0.25) is 0 Å². The van der Waals surface area contributed by atoms with Crippen LogP contribution >= 0.6 is 0 Å². The third kappa shape index (κ3) is 3.69. The summed E-state index contributed by atoms with van der Waals surface area (Å²) in [4.78, 5) is 15.4. The van der Waals surface area contributed by atoms with E-state index in [-0.39, 0.29) is 11.9 Å². The van der Waals surface area contributed by atoms with Crippen LogP contribution in [0.4, 0.5) is 23.8 Å². The fraction of sp³-hybridized carbons (Fsp3) is 0.500. The Balaban J connectivity index is 1.52. The SMILES string of the molecule is Cn1ccc(NC(=O)NC[C@H]2CCc3nc(C(F)(F)F)cn3C2)n1. The van der Waals surface area contributed by atoms with Gasteiger partial charge in [0.2, 0.25) is 0 Å². The quantitative estimate of drug-likeness (QED) is 0.896. The zero-order valence-corrected chi connectivity index (χ0v) is 13.0. The third-order valence-corrected chi connectivity index (χ3v) is 3.89. The number of alkyl halides is 3. The predicted molar refractivity (Wildman–Crippen MR) is 79.3 cm³/mol. The molecule has 2 aromatic rings. The number of fused-ring (bicyclic) bond motifs is 1. The number of amides is 2. The number of nitrogens with zero attached hydrogens (tertiary/aromatic N) is 4. The molecule has 0 aliphatic carbocycles. The van der Waals surface area contributed by atoms with Gasteiger partial charge < -0.3 is 9.88 Å². The lowest BCUT2D eigenvalue weighted by Crippen LogP contribution is -2.36. The van der Waals surface area contributed by atoms with E-state index in [1.807, 2.05) is 0 Å². The van der Waals surface area contributed by atoms with Crippen molar-refractivity contribution in [2.24, 2.45) is 13.0 Å². The summed E-state index contributed by atoms with van der Waals surface area (Å²) >= 11 is 0. The van der Waals surface area contributed by atoms with Crippen LogP contribution in [0, 0.1) is 5.92 Å². The lowest BCUT2D eigenvalue weighted by atomic mass is 9.99. The van der Waals surface area contributed by atoms with Crippen LogP contribution in [-0.2, 0) is 26.2 Å². The van der Waals surface area contributed by atoms with Crippen molar-refractivity contribution in [2.75, 3.05) is 11.9 Å². The van der Waals surface area contributed by atoms with Crippen LogP contribution in [0.5, 0.6) is 0 Å². The summed E-state index contributed by atoms with van der Waals surface area (Å²) < 4.78 is 41.1. The highest BCUT2D eigenvalue weighted by Gasteiger charge is 2.35. The van der Waals surface area contributed by atoms with E-state index in [9.17, 15) is 18.0 Å². The number of aromatic nitrogens is 4. The van der Waals surface area contributed by atoms with Crippen LogP contribution in [0.15, 0.2) is 18.5 Å². The van der Waals surface area contributed by atoms with Gasteiger partial charge in [0, 0.05) is 45.0 Å². The molecule has 2 N–H and O–H groups in total. The van der Waals surface area contributed by atoms with Gasteiger partial charge in [0.25, 0.3) is 0 Å². The monoisotopic (exact) mass is 342 g/mol. The van der Waals surface area contributed by atoms with Crippen molar-refractivity contribution >= 4 is 11.8 Å². The molecule has 0 fully saturated rings. The Morgan fingerprint density at radius 1 is 1.46 bits per heavy atom. The fourth-order valence-corrected chi connectivity index (χ4v) is 2.70. The van der Waals surface area contributed by atoms with E-state index < -0.39 is 11.9 Å². The molecular formula is C14H17F3N6O. The van der Waals surface area contributed by atoms with Gasteiger partial charge in [0.05, 0.1) is 0 Å². The third-order valence-electron chi connectivity index (χ3n) is 3.89. The number of halogens is 3. The number of hydrogen-bond donors (Lipinski definition) is 2. The molecule has 3 rings (SSSR count). The summed E-state index contributed by atoms with van der Waals surface area (Å²) in [5.41, 5.74) is -0.862. The first-order chi connectivity index (χ1) is 11.3. The molecule has 24 heavy (non-hydrogen) atoms. The van der Waals surface area contributed by atoms with Crippen LogP contribution < -0.4 is 10.6 Å². The molecule has 0 radical (unpaired) electrons. The van der Waals surface area contributed by atoms with Crippen molar-refractivity contribution in [3.05, 3.63) is 30.0 Å². The molecule has 3 heterocycles. The summed E-state index contributed by atoms with van der Waals surface area (Å²) in [6.07, 6.45) is -0.547. The number of aryl methyl sites for hydroxylation is 2. The number of anilines is 1. The number of carbonyl (C=O) groups excluding carboxylic acids is 1. The van der Waals surface area contributed by atoms with Gasteiger partial charge in [-0.2, -0.15) is 18.3 Å². The number of carbonyl (C=O) groups is 1. The molecule has 2 aromatic heterocycles. The molecule has 7 nitrogen and oxygen atoms in total. The van der Waals surface area contributed by atoms with E-state index in [1.54, 1.807) is 24.0 Å². The normalized spacial score (nSPS) is 17.4. The lowest BCUT2D eigenvalue weighted by molar-refractivity contribution is -0.141. The summed E-state index contributed by atoms with van der Waals surface area (Å²) in [5, 5.41) is 9.35. The van der Waals surface area contributed by atoms with E-state index in [2.05, 4.69) is 20.7 Å². The molecule has 0 saturated carbocycles. The van der Waals surface area contributed by atoms with Gasteiger partial charge in [-0.3, -0.25) is 10.00 Å². The Labute approximate surface area is 135 Å². The van der Waals surface area contributed by atoms with Gasteiger partial charge in [-0.25, -0.2) is 9.78 Å². The fourth-order valence-electron chi connectivity index (χ4n) is 2.70. The molecule has 10 heteroatoms. The van der Waals surface area contributed by atoms with Gasteiger partial charge in [0.1, 0.15) is 5.82 Å². The first kappa shape index (κ1) is 16.3. The molecule has 0 aromatic carbocycles. The molecule has 130 valence electrons. The highest BCUT2D eigenvalue weighted by atomic mass is 19.4. The summed E-state index contributed by atoms with van der Waals surface area (Å²) in [5.74, 6) is 0.934. The van der Waals surface area contributed by atoms with Crippen LogP contribution in [0.3, 0.4) is 0 Å². The van der Waals surface area contributed by atoms with E-state index in [1.165, 1.54) is 4.57 Å². The standard InChI is InChI=1S/C14H17F3N6O/c1-22-5-4-11(21-22)20-13(24)18-6-9-2-3-12-19-10(14(15,16)17)8-23(12)7-9/h4-5,8-9H,2-3,6-7H2,1H3,(H2,18,20,21,24)/t9-/m1/s1. The average Bonchev–Trinajstić information content (AvgIpc) is 3.10. The molecule has 0 saturated heterocycles. The molecule has 1 atom stereocenters. The Morgan fingerprint density at radius 3 is 2.92 bits per heavy atom. The van der Waals surface area contributed by atoms with Crippen LogP contribution in [-0.4, -0.2) is 31.9 Å². The summed E-state index contributed by atoms with van der Waals surface area (Å²) in [7, 11) is 1.74. The van der Waals surface area contributed by atoms with E-state index in [4.69, 9.17) is 0 Å². The maximum atomic E-state index is 12.7. The van der Waals surface area contributed by atoms with Crippen molar-refractivity contribution in [1.29, 1.82) is 0 Å². The highest BCUT2D eigenvalue weighted by Crippen LogP contribution is 2.30. The largest absolute Gasteiger partial charge is 0.434 e. The second-order valence-corrected chi connectivity index (χ2v) is 5.81. The van der Waals surface area contributed by atoms with Crippen molar-refractivity contribution in [3.63, 3.8) is 0 Å². The first-order valence-electron chi connectivity index (χ1n) is 7.49. The van der Waals surface area contributed by atoms with Gasteiger partial charge in [-0.05, 0) is 12.3 Å². The summed E-state index contributed by atoms with van der Waals surface area (Å²) in [6, 6.07) is 1.28. The number of hydrogen-bond acceptors (Lipinski definition) is 3. The topological polar surface area (TPSA) is 76.8 Å². The van der Waals surface area contributed by atoms with Crippen molar-refractivity contribution in [2.45, 2.75) is 25.6 Å². The van der Waals surface area contributed by atoms with Crippen molar-refractivity contribution in [1.82, 2.24) is 24.6 Å². The van der Waals surface area contributed by atoms with Gasteiger partial charge in [0.15, 0.2) is 11.5 Å². The van der Waals surface area contributed by atoms with E-state index in [0.29, 0.717) is 37.6 Å². The maximum absolute atomic E-state index is 12.7. The highest BCUT2D eigenvalue weighted by molar-refractivity contribution is 5.88. The smallest absolute Gasteiger partial charge is 0.337 e. The molecular weight excluding hydrogens is 325 g/mol. The zero-order valence-electron chi connectivity index (χ0n) is 13.0. The molecule has 2 amide bonds. The van der Waals surface area contributed by atoms with Crippen LogP contribution in [0.25, 0.3) is 0 Å². The maximum Gasteiger partial charge on any atom is 0.434 e. The van der Waals surface area contributed by atoms with Crippen molar-refractivity contribution in [3.8, 4) is 0 Å². The minimum Gasteiger partial charge on any atom is -0.337 e. The Bertz CT molecular complexity index is 735. The second-order valence-electron chi connectivity index (χ2n) is 5.81. The minimum absolute atomic E-state index is 0.0577. The van der Waals surface area contributed by atoms with Gasteiger partial charge in [-0.1, -0.05) is 0 Å². The Kier molecular flexibility index (Phi) is 4.20. The molecule has 0 bridgehead atoms. The van der Waals surface area contributed by atoms with Crippen LogP contribution in [0.1, 0.15) is 17.9 Å². The number of rotatable bonds is 3. The second kappa shape index (κ2) is 6.17. The lowest BCUT2D eigenvalue weighted by Gasteiger charge is -2.23. The zero-order chi connectivity index (χ0) is 17.3. The molecule has 0 unspecified atom stereocenters. The predicted octanol–water partition coefficient (Wildman–Crippen LogP) is 2.02. The minimum atomic E-state index is -4.43. The molecule has 0 spiro atoms. The van der Waals surface area contributed by atoms with E-state index in [0.717, 1.165) is 6.20 Å². The number of imidazole rings is 1. The number of urea groups is 1. The molecule has 1 aliphatic heterocycles. The van der Waals surface area contributed by atoms with Gasteiger partial charge >= 0.3 is 12.2 Å².